The molecule has 2 aromatic carbocycles. The molecule has 0 aliphatic heterocycles. The summed E-state index contributed by atoms with van der Waals surface area (Å²) in [6.07, 6.45) is -9.18. The monoisotopic (exact) mass is 486 g/mol. The van der Waals surface area contributed by atoms with E-state index in [4.69, 9.17) is 11.6 Å². The van der Waals surface area contributed by atoms with E-state index in [0.29, 0.717) is 12.1 Å². The number of alkyl halides is 7. The van der Waals surface area contributed by atoms with Gasteiger partial charge in [-0.1, -0.05) is 35.9 Å². The second-order valence-corrected chi connectivity index (χ2v) is 8.59. The number of benzene rings is 2. The van der Waals surface area contributed by atoms with Crippen LogP contribution in [0.4, 0.5) is 30.7 Å². The zero-order chi connectivity index (χ0) is 23.2. The van der Waals surface area contributed by atoms with Crippen LogP contribution in [0.2, 0.25) is 5.02 Å². The number of aromatic amines is 1. The fraction of sp³-hybridized carbons (Fsp3) is 0.167. The van der Waals surface area contributed by atoms with Crippen molar-refractivity contribution in [3.05, 3.63) is 59.1 Å². The molecule has 0 saturated carbocycles. The van der Waals surface area contributed by atoms with E-state index in [-0.39, 0.29) is 27.5 Å². The van der Waals surface area contributed by atoms with Gasteiger partial charge in [-0.05, 0) is 24.3 Å². The van der Waals surface area contributed by atoms with E-state index in [1.54, 1.807) is 0 Å². The average molecular weight is 487 g/mol. The van der Waals surface area contributed by atoms with Crippen LogP contribution in [-0.2, 0) is 16.0 Å². The van der Waals surface area contributed by atoms with E-state index in [9.17, 15) is 39.2 Å². The molecule has 0 spiro atoms. The van der Waals surface area contributed by atoms with Gasteiger partial charge in [0.05, 0.1) is 17.0 Å². The number of rotatable bonds is 5. The molecule has 1 N–H and O–H groups in total. The highest BCUT2D eigenvalue weighted by molar-refractivity contribution is 7.92. The number of sulfone groups is 1. The minimum absolute atomic E-state index is 0.0488. The highest BCUT2D eigenvalue weighted by Gasteiger charge is 2.56. The van der Waals surface area contributed by atoms with Gasteiger partial charge < -0.3 is 4.98 Å². The number of aromatic nitrogens is 2. The van der Waals surface area contributed by atoms with Gasteiger partial charge in [0.15, 0.2) is 0 Å². The van der Waals surface area contributed by atoms with Crippen molar-refractivity contribution in [2.75, 3.05) is 0 Å². The minimum atomic E-state index is -5.95. The van der Waals surface area contributed by atoms with Gasteiger partial charge in [0.25, 0.3) is 9.84 Å². The maximum Gasteiger partial charge on any atom is 0.416 e. The fourth-order valence-electron chi connectivity index (χ4n) is 2.58. The van der Waals surface area contributed by atoms with Gasteiger partial charge in [0.2, 0.25) is 5.16 Å². The maximum absolute atomic E-state index is 13.7. The average Bonchev–Trinajstić information content (AvgIpc) is 3.14. The summed E-state index contributed by atoms with van der Waals surface area (Å²) in [5, 5.41) is -6.63. The van der Waals surface area contributed by atoms with E-state index < -0.39 is 38.4 Å². The van der Waals surface area contributed by atoms with Crippen molar-refractivity contribution in [2.24, 2.45) is 0 Å². The Kier molecular flexibility index (Phi) is 5.82. The van der Waals surface area contributed by atoms with Gasteiger partial charge in [-0.2, -0.15) is 22.0 Å². The third kappa shape index (κ3) is 4.26. The first-order chi connectivity index (χ1) is 14.2. The Bertz CT molecular complexity index is 1190. The van der Waals surface area contributed by atoms with Crippen LogP contribution in [0.5, 0.6) is 0 Å². The molecule has 31 heavy (non-hydrogen) atoms. The standard InChI is InChI=1S/C18H10ClF7N2O2S/c19-12-7-3-10(4-8-12)14-13(9-1-5-11(6-2-9)17(22,23)24)27-16(28-14)31(29,30)18(25,26)15(20)21/h1-8,15H,(H,27,28). The zero-order valence-corrected chi connectivity index (χ0v) is 16.5. The number of H-pyrrole nitrogens is 1. The topological polar surface area (TPSA) is 62.8 Å². The Labute approximate surface area is 175 Å². The van der Waals surface area contributed by atoms with Crippen molar-refractivity contribution < 1.29 is 39.2 Å². The van der Waals surface area contributed by atoms with Gasteiger partial charge in [-0.15, -0.1) is 0 Å². The molecular weight excluding hydrogens is 477 g/mol. The largest absolute Gasteiger partial charge is 0.416 e. The van der Waals surface area contributed by atoms with Crippen molar-refractivity contribution >= 4 is 21.4 Å². The summed E-state index contributed by atoms with van der Waals surface area (Å²) in [6, 6.07) is 8.69. The van der Waals surface area contributed by atoms with E-state index >= 15 is 0 Å². The quantitative estimate of drug-likeness (QED) is 0.447. The Morgan fingerprint density at radius 3 is 1.87 bits per heavy atom. The molecule has 1 aromatic heterocycles. The summed E-state index contributed by atoms with van der Waals surface area (Å²) in [4.78, 5) is 5.60. The molecule has 4 nitrogen and oxygen atoms in total. The van der Waals surface area contributed by atoms with Crippen molar-refractivity contribution in [3.8, 4) is 22.5 Å². The van der Waals surface area contributed by atoms with Crippen LogP contribution in [0.3, 0.4) is 0 Å². The number of imidazole rings is 1. The molecule has 0 saturated heterocycles. The van der Waals surface area contributed by atoms with E-state index in [1.807, 2.05) is 4.98 Å². The molecular formula is C18H10ClF7N2O2S. The van der Waals surface area contributed by atoms with Crippen LogP contribution in [0.1, 0.15) is 5.56 Å². The lowest BCUT2D eigenvalue weighted by molar-refractivity contribution is -0.137. The Morgan fingerprint density at radius 1 is 0.871 bits per heavy atom. The van der Waals surface area contributed by atoms with Gasteiger partial charge in [-0.25, -0.2) is 22.2 Å². The number of hydrogen-bond acceptors (Lipinski definition) is 3. The molecule has 166 valence electrons. The molecule has 0 fully saturated rings. The molecule has 0 radical (unpaired) electrons. The lowest BCUT2D eigenvalue weighted by Crippen LogP contribution is -2.37. The molecule has 13 heteroatoms. The van der Waals surface area contributed by atoms with E-state index in [1.165, 1.54) is 24.3 Å². The lowest BCUT2D eigenvalue weighted by Gasteiger charge is -2.13. The molecule has 0 aliphatic carbocycles. The predicted octanol–water partition coefficient (Wildman–Crippen LogP) is 6.05. The van der Waals surface area contributed by atoms with Crippen LogP contribution in [0.25, 0.3) is 22.5 Å². The third-order valence-corrected chi connectivity index (χ3v) is 6.02. The lowest BCUT2D eigenvalue weighted by atomic mass is 10.0. The van der Waals surface area contributed by atoms with Crippen molar-refractivity contribution in [1.29, 1.82) is 0 Å². The fourth-order valence-corrected chi connectivity index (χ4v) is 3.64. The van der Waals surface area contributed by atoms with Crippen LogP contribution in [0.15, 0.2) is 53.7 Å². The second-order valence-electron chi connectivity index (χ2n) is 6.21. The smallest absolute Gasteiger partial charge is 0.328 e. The van der Waals surface area contributed by atoms with Crippen LogP contribution in [0, 0.1) is 0 Å². The predicted molar refractivity (Wildman–Crippen MR) is 97.6 cm³/mol. The van der Waals surface area contributed by atoms with Gasteiger partial charge in [0, 0.05) is 16.1 Å². The van der Waals surface area contributed by atoms with Crippen molar-refractivity contribution in [2.45, 2.75) is 23.0 Å². The SMILES string of the molecule is O=S(=O)(c1nc(-c2ccc(Cl)cc2)c(-c2ccc(C(F)(F)F)cc2)[nH]1)C(F)(F)C(F)F. The Hall–Kier alpha value is -2.60. The molecule has 0 unspecified atom stereocenters. The maximum atomic E-state index is 13.7. The summed E-state index contributed by atoms with van der Waals surface area (Å²) in [6.45, 7) is 0. The molecule has 0 aliphatic rings. The molecule has 0 amide bonds. The van der Waals surface area contributed by atoms with Crippen LogP contribution < -0.4 is 0 Å². The molecule has 0 bridgehead atoms. The first-order valence-electron chi connectivity index (χ1n) is 8.19. The summed E-state index contributed by atoms with van der Waals surface area (Å²) >= 11 is 5.78. The van der Waals surface area contributed by atoms with Crippen LogP contribution in [-0.4, -0.2) is 30.1 Å². The summed E-state index contributed by atoms with van der Waals surface area (Å²) in [7, 11) is -5.95. The minimum Gasteiger partial charge on any atom is -0.328 e. The van der Waals surface area contributed by atoms with Gasteiger partial charge in [-0.3, -0.25) is 0 Å². The molecule has 0 atom stereocenters. The number of nitrogens with zero attached hydrogens (tertiary/aromatic N) is 1. The summed E-state index contributed by atoms with van der Waals surface area (Å²) in [5.41, 5.74) is -1.44. The summed E-state index contributed by atoms with van der Waals surface area (Å²) < 4.78 is 115. The number of nitrogens with one attached hydrogen (secondary N) is 1. The molecule has 3 aromatic rings. The van der Waals surface area contributed by atoms with Crippen molar-refractivity contribution in [1.82, 2.24) is 9.97 Å². The first kappa shape index (κ1) is 23.1. The van der Waals surface area contributed by atoms with Gasteiger partial charge in [0.1, 0.15) is 0 Å². The van der Waals surface area contributed by atoms with Gasteiger partial charge >= 0.3 is 17.9 Å². The van der Waals surface area contributed by atoms with E-state index in [0.717, 1.165) is 12.1 Å². The summed E-state index contributed by atoms with van der Waals surface area (Å²) in [5.74, 6) is 0. The zero-order valence-electron chi connectivity index (χ0n) is 14.9. The van der Waals surface area contributed by atoms with E-state index in [2.05, 4.69) is 4.98 Å². The highest BCUT2D eigenvalue weighted by atomic mass is 35.5. The first-order valence-corrected chi connectivity index (χ1v) is 10.1. The Balaban J connectivity index is 2.21. The number of hydrogen-bond donors (Lipinski definition) is 1. The normalized spacial score (nSPS) is 13.1. The third-order valence-electron chi connectivity index (χ3n) is 4.17. The van der Waals surface area contributed by atoms with Crippen LogP contribution >= 0.6 is 11.6 Å². The molecule has 1 heterocycles. The highest BCUT2D eigenvalue weighted by Crippen LogP contribution is 2.38. The molecule has 3 rings (SSSR count). The van der Waals surface area contributed by atoms with Crippen molar-refractivity contribution in [3.63, 3.8) is 0 Å². The number of halogens is 8. The second kappa shape index (κ2) is 7.83. The Morgan fingerprint density at radius 2 is 1.39 bits per heavy atom.